The van der Waals surface area contributed by atoms with Gasteiger partial charge in [0.2, 0.25) is 0 Å². The number of fused-ring (bicyclic) bond motifs is 2. The number of benzene rings is 1. The fourth-order valence-corrected chi connectivity index (χ4v) is 4.63. The van der Waals surface area contributed by atoms with Gasteiger partial charge in [0.05, 0.1) is 8.49 Å². The third-order valence-corrected chi connectivity index (χ3v) is 5.83. The summed E-state index contributed by atoms with van der Waals surface area (Å²) in [5.74, 6) is 2.70. The van der Waals surface area contributed by atoms with Crippen molar-refractivity contribution in [3.63, 3.8) is 0 Å². The number of rotatable bonds is 4. The van der Waals surface area contributed by atoms with Crippen LogP contribution in [0.2, 0.25) is 0 Å². The number of nitrogens with zero attached hydrogens (tertiary/aromatic N) is 2. The Labute approximate surface area is 132 Å². The second-order valence-electron chi connectivity index (χ2n) is 6.21. The highest BCUT2D eigenvalue weighted by atomic mass is 127. The zero-order valence-corrected chi connectivity index (χ0v) is 13.7. The molecule has 1 aromatic carbocycles. The largest absolute Gasteiger partial charge is 0.374 e. The lowest BCUT2D eigenvalue weighted by Gasteiger charge is -2.28. The zero-order valence-electron chi connectivity index (χ0n) is 11.6. The van der Waals surface area contributed by atoms with Crippen LogP contribution in [0.3, 0.4) is 0 Å². The molecule has 1 aromatic rings. The third kappa shape index (κ3) is 2.64. The van der Waals surface area contributed by atoms with Gasteiger partial charge in [-0.2, -0.15) is 0 Å². The maximum atomic E-state index is 10.9. The normalized spacial score (nSPS) is 27.8. The third-order valence-electron chi connectivity index (χ3n) is 4.96. The Bertz CT molecular complexity index is 535. The zero-order chi connectivity index (χ0) is 14.3. The highest BCUT2D eigenvalue weighted by Crippen LogP contribution is 2.48. The molecule has 2 bridgehead atoms. The van der Waals surface area contributed by atoms with Crippen LogP contribution in [-0.4, -0.2) is 18.5 Å². The monoisotopic (exact) mass is 386 g/mol. The topological polar surface area (TPSA) is 46.4 Å². The molecule has 2 fully saturated rings. The number of halogens is 1. The molecule has 2 aliphatic rings. The quantitative estimate of drug-likeness (QED) is 0.445. The summed E-state index contributed by atoms with van der Waals surface area (Å²) in [6.45, 7) is 1.08. The Kier molecular flexibility index (Phi) is 3.88. The Morgan fingerprint density at radius 1 is 1.40 bits per heavy atom. The average molecular weight is 386 g/mol. The lowest BCUT2D eigenvalue weighted by Crippen LogP contribution is -2.28. The molecular weight excluding hydrogens is 367 g/mol. The molecule has 108 valence electrons. The predicted octanol–water partition coefficient (Wildman–Crippen LogP) is 4.07. The van der Waals surface area contributed by atoms with Crippen molar-refractivity contribution in [1.29, 1.82) is 0 Å². The van der Waals surface area contributed by atoms with Crippen LogP contribution in [-0.2, 0) is 0 Å². The minimum atomic E-state index is -0.318. The van der Waals surface area contributed by atoms with Crippen LogP contribution in [0.15, 0.2) is 18.2 Å². The summed E-state index contributed by atoms with van der Waals surface area (Å²) in [4.78, 5) is 12.8. The van der Waals surface area contributed by atoms with Crippen molar-refractivity contribution in [1.82, 2.24) is 0 Å². The van der Waals surface area contributed by atoms with Crippen LogP contribution in [0.1, 0.15) is 25.7 Å². The number of hydrogen-bond acceptors (Lipinski definition) is 3. The summed E-state index contributed by atoms with van der Waals surface area (Å²) in [5.41, 5.74) is 1.28. The predicted molar refractivity (Wildman–Crippen MR) is 88.0 cm³/mol. The number of nitro groups is 1. The Balaban J connectivity index is 1.69. The van der Waals surface area contributed by atoms with Gasteiger partial charge in [0.1, 0.15) is 0 Å². The molecule has 0 saturated heterocycles. The molecular formula is C15H19IN2O2. The molecule has 0 aromatic heterocycles. The van der Waals surface area contributed by atoms with E-state index >= 15 is 0 Å². The molecule has 2 aliphatic carbocycles. The fraction of sp³-hybridized carbons (Fsp3) is 0.600. The smallest absolute Gasteiger partial charge is 0.282 e. The van der Waals surface area contributed by atoms with Crippen LogP contribution in [0.4, 0.5) is 11.4 Å². The first-order valence-electron chi connectivity index (χ1n) is 7.19. The van der Waals surface area contributed by atoms with Gasteiger partial charge in [-0.3, -0.25) is 10.1 Å². The van der Waals surface area contributed by atoms with Gasteiger partial charge >= 0.3 is 0 Å². The summed E-state index contributed by atoms with van der Waals surface area (Å²) in [6.07, 6.45) is 5.64. The van der Waals surface area contributed by atoms with Crippen molar-refractivity contribution >= 4 is 34.0 Å². The molecule has 0 radical (unpaired) electrons. The fourth-order valence-electron chi connectivity index (χ4n) is 3.94. The first-order chi connectivity index (χ1) is 9.54. The molecule has 2 saturated carbocycles. The maximum Gasteiger partial charge on any atom is 0.282 e. The molecule has 20 heavy (non-hydrogen) atoms. The lowest BCUT2D eigenvalue weighted by molar-refractivity contribution is -0.385. The van der Waals surface area contributed by atoms with Crippen LogP contribution >= 0.6 is 22.6 Å². The second-order valence-corrected chi connectivity index (χ2v) is 7.37. The summed E-state index contributed by atoms with van der Waals surface area (Å²) in [7, 11) is 2.10. The van der Waals surface area contributed by atoms with Gasteiger partial charge in [-0.15, -0.1) is 0 Å². The number of hydrogen-bond donors (Lipinski definition) is 0. The van der Waals surface area contributed by atoms with Crippen molar-refractivity contribution in [2.24, 2.45) is 17.8 Å². The van der Waals surface area contributed by atoms with E-state index in [0.717, 1.165) is 30.0 Å². The summed E-state index contributed by atoms with van der Waals surface area (Å²) >= 11 is 2.05. The van der Waals surface area contributed by atoms with E-state index in [2.05, 4.69) is 11.9 Å². The van der Waals surface area contributed by atoms with Crippen LogP contribution in [0.25, 0.3) is 0 Å². The number of anilines is 1. The van der Waals surface area contributed by atoms with Gasteiger partial charge < -0.3 is 4.90 Å². The lowest BCUT2D eigenvalue weighted by atomic mass is 9.88. The van der Waals surface area contributed by atoms with E-state index in [1.54, 1.807) is 6.07 Å². The van der Waals surface area contributed by atoms with Gasteiger partial charge in [0, 0.05) is 25.3 Å². The Morgan fingerprint density at radius 2 is 2.20 bits per heavy atom. The van der Waals surface area contributed by atoms with Gasteiger partial charge in [-0.1, -0.05) is 6.42 Å². The molecule has 0 spiro atoms. The van der Waals surface area contributed by atoms with E-state index in [0.29, 0.717) is 3.57 Å². The van der Waals surface area contributed by atoms with Gasteiger partial charge in [-0.05, 0) is 71.7 Å². The maximum absolute atomic E-state index is 10.9. The molecule has 4 nitrogen and oxygen atoms in total. The summed E-state index contributed by atoms with van der Waals surface area (Å²) in [6, 6.07) is 5.41. The number of nitro benzene ring substituents is 1. The molecule has 3 rings (SSSR count). The van der Waals surface area contributed by atoms with Crippen molar-refractivity contribution in [2.45, 2.75) is 25.7 Å². The molecule has 0 aliphatic heterocycles. The minimum Gasteiger partial charge on any atom is -0.374 e. The Morgan fingerprint density at radius 3 is 2.75 bits per heavy atom. The second kappa shape index (κ2) is 5.50. The van der Waals surface area contributed by atoms with Crippen LogP contribution in [0, 0.1) is 31.4 Å². The van der Waals surface area contributed by atoms with Crippen LogP contribution in [0.5, 0.6) is 0 Å². The highest BCUT2D eigenvalue weighted by Gasteiger charge is 2.39. The van der Waals surface area contributed by atoms with E-state index in [9.17, 15) is 10.1 Å². The van der Waals surface area contributed by atoms with Gasteiger partial charge in [0.15, 0.2) is 0 Å². The Hall–Kier alpha value is -0.850. The molecule has 5 heteroatoms. The van der Waals surface area contributed by atoms with Gasteiger partial charge in [0.25, 0.3) is 5.69 Å². The van der Waals surface area contributed by atoms with E-state index in [4.69, 9.17) is 0 Å². The SMILES string of the molecule is CN(CC1CC2CCC1C2)c1ccc([N+](=O)[O-])c(I)c1. The van der Waals surface area contributed by atoms with Crippen molar-refractivity contribution in [3.05, 3.63) is 31.9 Å². The standard InChI is InChI=1S/C15H19IN2O2/c1-17(9-12-7-10-2-3-11(12)6-10)13-4-5-15(18(19)20)14(16)8-13/h4-5,8,10-12H,2-3,6-7,9H2,1H3. The average Bonchev–Trinajstić information content (AvgIpc) is 3.00. The van der Waals surface area contributed by atoms with E-state index in [1.807, 2.05) is 34.7 Å². The highest BCUT2D eigenvalue weighted by molar-refractivity contribution is 14.1. The van der Waals surface area contributed by atoms with Gasteiger partial charge in [-0.25, -0.2) is 0 Å². The molecule has 3 atom stereocenters. The van der Waals surface area contributed by atoms with Crippen molar-refractivity contribution in [2.75, 3.05) is 18.5 Å². The first-order valence-corrected chi connectivity index (χ1v) is 8.27. The summed E-state index contributed by atoms with van der Waals surface area (Å²) < 4.78 is 0.713. The van der Waals surface area contributed by atoms with E-state index in [1.165, 1.54) is 25.7 Å². The van der Waals surface area contributed by atoms with Crippen molar-refractivity contribution in [3.8, 4) is 0 Å². The van der Waals surface area contributed by atoms with Crippen molar-refractivity contribution < 1.29 is 4.92 Å². The molecule has 3 unspecified atom stereocenters. The summed E-state index contributed by atoms with van der Waals surface area (Å²) in [5, 5.41) is 10.9. The minimum absolute atomic E-state index is 0.197. The van der Waals surface area contributed by atoms with E-state index < -0.39 is 0 Å². The molecule has 0 heterocycles. The molecule has 0 N–H and O–H groups in total. The van der Waals surface area contributed by atoms with Crippen LogP contribution < -0.4 is 4.90 Å². The van der Waals surface area contributed by atoms with E-state index in [-0.39, 0.29) is 10.6 Å². The molecule has 0 amide bonds. The first kappa shape index (κ1) is 14.1.